The monoisotopic (exact) mass is 1370 g/mol. The quantitative estimate of drug-likeness (QED) is 0.0237. The van der Waals surface area contributed by atoms with Crippen LogP contribution in [0.1, 0.15) is 70.7 Å². The Labute approximate surface area is 554 Å². The lowest BCUT2D eigenvalue weighted by Crippen LogP contribution is -2.46. The van der Waals surface area contributed by atoms with Gasteiger partial charge in [0.25, 0.3) is 11.8 Å². The maximum atomic E-state index is 13.1. The number of alkyl halides is 1. The molecular weight excluding hydrogens is 1280 g/mol. The van der Waals surface area contributed by atoms with Crippen molar-refractivity contribution in [3.05, 3.63) is 192 Å². The molecule has 0 atom stereocenters. The minimum absolute atomic E-state index is 0.145. The first-order valence-corrected chi connectivity index (χ1v) is 36.0. The summed E-state index contributed by atoms with van der Waals surface area (Å²) in [5.74, 6) is 0.608. The van der Waals surface area contributed by atoms with Crippen molar-refractivity contribution in [2.75, 3.05) is 124 Å². The van der Waals surface area contributed by atoms with Gasteiger partial charge in [-0.05, 0) is 149 Å². The Bertz CT molecular complexity index is 3690. The Morgan fingerprint density at radius 3 is 1.35 bits per heavy atom. The van der Waals surface area contributed by atoms with Crippen molar-refractivity contribution in [3.8, 4) is 22.5 Å². The Balaban J connectivity index is 0.000000210. The van der Waals surface area contributed by atoms with E-state index in [4.69, 9.17) is 18.1 Å². The number of rotatable bonds is 27. The van der Waals surface area contributed by atoms with Crippen LogP contribution in [0.3, 0.4) is 0 Å². The van der Waals surface area contributed by atoms with E-state index in [1.165, 1.54) is 5.56 Å². The number of amides is 2. The van der Waals surface area contributed by atoms with Gasteiger partial charge in [0.1, 0.15) is 0 Å². The molecule has 8 aromatic rings. The molecule has 0 unspecified atom stereocenters. The van der Waals surface area contributed by atoms with Crippen molar-refractivity contribution in [2.45, 2.75) is 54.6 Å². The number of carbonyl (C=O) groups excluding carboxylic acids is 2. The molecule has 4 aromatic heterocycles. The average molecular weight is 1370 g/mol. The highest BCUT2D eigenvalue weighted by Crippen LogP contribution is 2.48. The first kappa shape index (κ1) is 71.4. The van der Waals surface area contributed by atoms with Crippen molar-refractivity contribution in [3.63, 3.8) is 0 Å². The van der Waals surface area contributed by atoms with E-state index in [9.17, 15) is 18.7 Å². The molecule has 0 spiro atoms. The first-order chi connectivity index (χ1) is 45.2. The van der Waals surface area contributed by atoms with Gasteiger partial charge in [0, 0.05) is 160 Å². The minimum Gasteiger partial charge on any atom is -0.324 e. The fourth-order valence-corrected chi connectivity index (χ4v) is 14.3. The highest BCUT2D eigenvalue weighted by atomic mass is 79.9. The number of hydrogen-bond acceptors (Lipinski definition) is 20. The maximum absolute atomic E-state index is 13.1. The van der Waals surface area contributed by atoms with Crippen LogP contribution in [0.5, 0.6) is 0 Å². The summed E-state index contributed by atoms with van der Waals surface area (Å²) >= 11 is 3.19. The van der Waals surface area contributed by atoms with E-state index < -0.39 is 15.2 Å². The van der Waals surface area contributed by atoms with Gasteiger partial charge in [0.15, 0.2) is 0 Å². The molecule has 2 aliphatic heterocycles. The Morgan fingerprint density at radius 1 is 0.527 bits per heavy atom. The minimum atomic E-state index is -3.02. The summed E-state index contributed by atoms with van der Waals surface area (Å²) in [4.78, 5) is 59.4. The van der Waals surface area contributed by atoms with Gasteiger partial charge in [-0.1, -0.05) is 52.3 Å². The number of piperazine rings is 2. The zero-order chi connectivity index (χ0) is 65.8. The summed E-state index contributed by atoms with van der Waals surface area (Å²) in [6.07, 6.45) is 11.3. The summed E-state index contributed by atoms with van der Waals surface area (Å²) < 4.78 is 45.2. The molecular formula is C68H85BrN14O8P2. The van der Waals surface area contributed by atoms with E-state index in [0.717, 1.165) is 116 Å². The number of benzene rings is 4. The molecule has 6 heterocycles. The molecule has 0 aliphatic carbocycles. The molecule has 2 saturated heterocycles. The molecule has 2 aliphatic rings. The predicted molar refractivity (Wildman–Crippen MR) is 373 cm³/mol. The number of anilines is 6. The number of aryl methyl sites for hydroxylation is 2. The van der Waals surface area contributed by atoms with Crippen LogP contribution < -0.4 is 26.6 Å². The second-order valence-corrected chi connectivity index (χ2v) is 27.0. The molecule has 5 N–H and O–H groups in total. The average Bonchev–Trinajstić information content (AvgIpc) is 1.25. The third-order valence-electron chi connectivity index (χ3n) is 15.0. The van der Waals surface area contributed by atoms with E-state index in [-0.39, 0.29) is 11.8 Å². The summed E-state index contributed by atoms with van der Waals surface area (Å²) in [7, 11) is -5.79. The van der Waals surface area contributed by atoms with Gasteiger partial charge in [-0.2, -0.15) is 0 Å². The molecule has 0 radical (unpaired) electrons. The number of hydrogen-bond donors (Lipinski definition) is 5. The summed E-state index contributed by atoms with van der Waals surface area (Å²) in [6, 6.07) is 38.4. The zero-order valence-electron chi connectivity index (χ0n) is 53.8. The largest absolute Gasteiger partial charge is 0.331 e. The van der Waals surface area contributed by atoms with E-state index in [1.807, 2.05) is 149 Å². The number of aromatic nitrogens is 6. The van der Waals surface area contributed by atoms with E-state index in [1.54, 1.807) is 51.0 Å². The van der Waals surface area contributed by atoms with E-state index in [2.05, 4.69) is 87.1 Å². The predicted octanol–water partition coefficient (Wildman–Crippen LogP) is 13.1. The number of nitrogens with one attached hydrogen (secondary N) is 5. The Kier molecular flexibility index (Phi) is 28.2. The molecule has 0 saturated carbocycles. The fraction of sp³-hybridized carbons (Fsp3) is 0.353. The van der Waals surface area contributed by atoms with Crippen molar-refractivity contribution in [2.24, 2.45) is 0 Å². The maximum Gasteiger partial charge on any atom is 0.331 e. The standard InChI is InChI=1S/C34H42N7O4P.C28H29N7O.C6H14BrO3P/c1-4-44-46(43,45-5-2)22-21-40-17-19-41(20-18-40)25-27-9-11-28(12-10-27)33(42)37-30-13-8-26(3)32(23-30)39-34-36-16-14-31(38-34)29-7-6-15-35-24-29;1-20-4-9-24(17-26(20)34-28-31-12-10-25(33-28)23-3-2-11-30-18-23)32-27(36)22-7-5-21(6-8-22)19-35-15-13-29-14-16-35;1-3-9-11(8,6-5-7)10-4-2/h6-16,23-24H,4-5,17-22,25H2,1-3H3,(H,37,42)(H,36,38,39);2-12,17-18,29H,13-16,19H2,1H3,(H,32,36)(H,31,33,34);3-6H2,1-2H3. The summed E-state index contributed by atoms with van der Waals surface area (Å²) in [5, 5.41) is 16.6. The van der Waals surface area contributed by atoms with Crippen LogP contribution in [0.25, 0.3) is 22.5 Å². The lowest BCUT2D eigenvalue weighted by Gasteiger charge is -2.35. The Morgan fingerprint density at radius 2 is 0.946 bits per heavy atom. The third kappa shape index (κ3) is 22.9. The lowest BCUT2D eigenvalue weighted by atomic mass is 10.1. The molecule has 10 rings (SSSR count). The molecule has 93 heavy (non-hydrogen) atoms. The van der Waals surface area contributed by atoms with E-state index >= 15 is 0 Å². The zero-order valence-corrected chi connectivity index (χ0v) is 57.2. The Hall–Kier alpha value is -7.50. The third-order valence-corrected chi connectivity index (χ3v) is 20.1. The second-order valence-electron chi connectivity index (χ2n) is 21.8. The van der Waals surface area contributed by atoms with Gasteiger partial charge in [-0.25, -0.2) is 19.9 Å². The smallest absolute Gasteiger partial charge is 0.324 e. The number of nitrogens with zero attached hydrogens (tertiary/aromatic N) is 9. The van der Waals surface area contributed by atoms with Crippen molar-refractivity contribution in [1.29, 1.82) is 0 Å². The number of pyridine rings is 2. The highest BCUT2D eigenvalue weighted by molar-refractivity contribution is 9.09. The fourth-order valence-electron chi connectivity index (χ4n) is 10.1. The molecule has 22 nitrogen and oxygen atoms in total. The van der Waals surface area contributed by atoms with E-state index in [0.29, 0.717) is 85.0 Å². The first-order valence-electron chi connectivity index (χ1n) is 31.4. The van der Waals surface area contributed by atoms with Crippen LogP contribution >= 0.6 is 31.1 Å². The molecule has 25 heteroatoms. The van der Waals surface area contributed by atoms with Crippen LogP contribution in [0.2, 0.25) is 0 Å². The molecule has 2 amide bonds. The van der Waals surface area contributed by atoms with Crippen molar-refractivity contribution < 1.29 is 36.8 Å². The van der Waals surface area contributed by atoms with Gasteiger partial charge in [0.05, 0.1) is 50.1 Å². The van der Waals surface area contributed by atoms with Crippen LogP contribution in [0.15, 0.2) is 159 Å². The molecule has 492 valence electrons. The lowest BCUT2D eigenvalue weighted by molar-refractivity contribution is 0.101. The summed E-state index contributed by atoms with van der Waals surface area (Å²) in [5.41, 5.74) is 11.9. The topological polar surface area (TPSA) is 252 Å². The van der Waals surface area contributed by atoms with Gasteiger partial charge in [0.2, 0.25) is 11.9 Å². The van der Waals surface area contributed by atoms with Crippen LogP contribution in [-0.2, 0) is 40.3 Å². The van der Waals surface area contributed by atoms with Crippen LogP contribution in [0, 0.1) is 13.8 Å². The molecule has 4 aromatic carbocycles. The van der Waals surface area contributed by atoms with Crippen molar-refractivity contribution in [1.82, 2.24) is 49.9 Å². The number of halogens is 1. The second kappa shape index (κ2) is 36.8. The van der Waals surface area contributed by atoms with Crippen LogP contribution in [-0.4, -0.2) is 159 Å². The summed E-state index contributed by atoms with van der Waals surface area (Å²) in [6.45, 7) is 23.1. The highest BCUT2D eigenvalue weighted by Gasteiger charge is 2.27. The normalized spacial score (nSPS) is 13.8. The molecule has 2 fully saturated rings. The van der Waals surface area contributed by atoms with Gasteiger partial charge < -0.3 is 49.6 Å². The molecule has 0 bridgehead atoms. The van der Waals surface area contributed by atoms with Gasteiger partial charge in [-0.3, -0.25) is 38.5 Å². The number of carbonyl (C=O) groups is 2. The van der Waals surface area contributed by atoms with Crippen LogP contribution in [0.4, 0.5) is 34.6 Å². The van der Waals surface area contributed by atoms with Crippen molar-refractivity contribution >= 4 is 77.6 Å². The SMILES string of the molecule is CCOP(=O)(CCBr)OCC.CCOP(=O)(CCN1CCN(Cc2ccc(C(=O)Nc3ccc(C)c(Nc4nccc(-c5cccnc5)n4)c3)cc2)CC1)OCC.Cc1ccc(NC(=O)c2ccc(CN3CCNCC3)cc2)cc1Nc1nccc(-c2cccnc2)n1. The van der Waals surface area contributed by atoms with Gasteiger partial charge in [-0.15, -0.1) is 0 Å². The van der Waals surface area contributed by atoms with Gasteiger partial charge >= 0.3 is 15.2 Å².